The Morgan fingerprint density at radius 2 is 1.58 bits per heavy atom. The third-order valence-corrected chi connectivity index (χ3v) is 4.80. The van der Waals surface area contributed by atoms with Crippen LogP contribution < -0.4 is 10.1 Å². The van der Waals surface area contributed by atoms with Crippen LogP contribution in [0.25, 0.3) is 11.5 Å². The summed E-state index contributed by atoms with van der Waals surface area (Å²) < 4.78 is 34.7. The maximum absolute atomic E-state index is 12.4. The summed E-state index contributed by atoms with van der Waals surface area (Å²) in [7, 11) is 0. The Kier molecular flexibility index (Phi) is 6.33. The molecule has 1 atom stereocenters. The standard InChI is InChI=1S/C24H21F2N3O2/c1-16-7-9-19(10-8-16)23-28-21(29-31-23)15-27-22(17-5-3-2-4-6-17)18-11-13-20(14-12-18)30-24(25)26/h2-14,22,24,27H,15H2,1H3. The van der Waals surface area contributed by atoms with Crippen LogP contribution in [0.3, 0.4) is 0 Å². The molecule has 158 valence electrons. The molecule has 0 radical (unpaired) electrons. The van der Waals surface area contributed by atoms with E-state index in [0.29, 0.717) is 18.3 Å². The summed E-state index contributed by atoms with van der Waals surface area (Å²) in [5.41, 5.74) is 3.93. The quantitative estimate of drug-likeness (QED) is 0.406. The lowest BCUT2D eigenvalue weighted by Crippen LogP contribution is -2.22. The van der Waals surface area contributed by atoms with Crippen molar-refractivity contribution in [2.24, 2.45) is 0 Å². The van der Waals surface area contributed by atoms with Crippen molar-refractivity contribution >= 4 is 0 Å². The lowest BCUT2D eigenvalue weighted by Gasteiger charge is -2.19. The number of nitrogens with zero attached hydrogens (tertiary/aromatic N) is 2. The second-order valence-electron chi connectivity index (χ2n) is 7.05. The number of hydrogen-bond donors (Lipinski definition) is 1. The molecule has 0 spiro atoms. The molecule has 0 amide bonds. The molecule has 0 saturated heterocycles. The number of benzene rings is 3. The average Bonchev–Trinajstić information content (AvgIpc) is 3.25. The van der Waals surface area contributed by atoms with Crippen LogP contribution in [-0.2, 0) is 6.54 Å². The van der Waals surface area contributed by atoms with Crippen molar-refractivity contribution in [1.29, 1.82) is 0 Å². The number of aromatic nitrogens is 2. The van der Waals surface area contributed by atoms with E-state index in [1.807, 2.05) is 61.5 Å². The highest BCUT2D eigenvalue weighted by Crippen LogP contribution is 2.25. The van der Waals surface area contributed by atoms with Crippen LogP contribution in [0.4, 0.5) is 8.78 Å². The summed E-state index contributed by atoms with van der Waals surface area (Å²) in [6.45, 7) is -0.470. The van der Waals surface area contributed by atoms with E-state index in [4.69, 9.17) is 4.52 Å². The Bertz CT molecular complexity index is 1100. The van der Waals surface area contributed by atoms with Crippen molar-refractivity contribution < 1.29 is 18.0 Å². The van der Waals surface area contributed by atoms with E-state index >= 15 is 0 Å². The van der Waals surface area contributed by atoms with Crippen LogP contribution in [-0.4, -0.2) is 16.8 Å². The van der Waals surface area contributed by atoms with Crippen molar-refractivity contribution in [2.45, 2.75) is 26.1 Å². The smallest absolute Gasteiger partial charge is 0.387 e. The highest BCUT2D eigenvalue weighted by Gasteiger charge is 2.16. The van der Waals surface area contributed by atoms with Crippen LogP contribution in [0, 0.1) is 6.92 Å². The third-order valence-electron chi connectivity index (χ3n) is 4.80. The topological polar surface area (TPSA) is 60.2 Å². The predicted octanol–water partition coefficient (Wildman–Crippen LogP) is 5.53. The van der Waals surface area contributed by atoms with E-state index in [-0.39, 0.29) is 11.8 Å². The Hall–Kier alpha value is -3.58. The zero-order valence-corrected chi connectivity index (χ0v) is 16.8. The molecule has 3 aromatic carbocycles. The molecule has 1 unspecified atom stereocenters. The number of hydrogen-bond acceptors (Lipinski definition) is 5. The number of halogens is 2. The summed E-state index contributed by atoms with van der Waals surface area (Å²) in [5.74, 6) is 1.10. The second kappa shape index (κ2) is 9.49. The van der Waals surface area contributed by atoms with E-state index < -0.39 is 6.61 Å². The monoisotopic (exact) mass is 421 g/mol. The first kappa shape index (κ1) is 20.7. The highest BCUT2D eigenvalue weighted by atomic mass is 19.3. The van der Waals surface area contributed by atoms with Gasteiger partial charge in [-0.05, 0) is 42.3 Å². The van der Waals surface area contributed by atoms with Gasteiger partial charge < -0.3 is 9.26 Å². The van der Waals surface area contributed by atoms with E-state index in [1.165, 1.54) is 12.1 Å². The Balaban J connectivity index is 1.51. The van der Waals surface area contributed by atoms with E-state index in [1.54, 1.807) is 12.1 Å². The second-order valence-corrected chi connectivity index (χ2v) is 7.05. The van der Waals surface area contributed by atoms with Crippen molar-refractivity contribution in [3.05, 3.63) is 101 Å². The molecule has 0 fully saturated rings. The van der Waals surface area contributed by atoms with Crippen molar-refractivity contribution in [3.8, 4) is 17.2 Å². The van der Waals surface area contributed by atoms with Crippen LogP contribution in [0.1, 0.15) is 28.6 Å². The van der Waals surface area contributed by atoms with Gasteiger partial charge in [0.1, 0.15) is 5.75 Å². The highest BCUT2D eigenvalue weighted by molar-refractivity contribution is 5.53. The minimum Gasteiger partial charge on any atom is -0.435 e. The first-order chi connectivity index (χ1) is 15.1. The summed E-state index contributed by atoms with van der Waals surface area (Å²) in [6.07, 6.45) is 0. The Labute approximate surface area is 178 Å². The normalized spacial score (nSPS) is 12.1. The number of alkyl halides is 2. The summed E-state index contributed by atoms with van der Waals surface area (Å²) in [5, 5.41) is 7.50. The van der Waals surface area contributed by atoms with Crippen molar-refractivity contribution in [3.63, 3.8) is 0 Å². The van der Waals surface area contributed by atoms with Crippen LogP contribution in [0.15, 0.2) is 83.4 Å². The minimum atomic E-state index is -2.85. The third kappa shape index (κ3) is 5.32. The molecule has 4 aromatic rings. The molecule has 0 aliphatic heterocycles. The van der Waals surface area contributed by atoms with Crippen LogP contribution >= 0.6 is 0 Å². The van der Waals surface area contributed by atoms with Gasteiger partial charge in [-0.2, -0.15) is 13.8 Å². The average molecular weight is 421 g/mol. The van der Waals surface area contributed by atoms with Gasteiger partial charge in [0.05, 0.1) is 12.6 Å². The van der Waals surface area contributed by atoms with Crippen molar-refractivity contribution in [2.75, 3.05) is 0 Å². The molecular formula is C24H21F2N3O2. The van der Waals surface area contributed by atoms with Crippen LogP contribution in [0.2, 0.25) is 0 Å². The van der Waals surface area contributed by atoms with Gasteiger partial charge in [-0.15, -0.1) is 0 Å². The van der Waals surface area contributed by atoms with Gasteiger partial charge >= 0.3 is 6.61 Å². The van der Waals surface area contributed by atoms with E-state index in [2.05, 4.69) is 20.2 Å². The summed E-state index contributed by atoms with van der Waals surface area (Å²) in [6, 6.07) is 24.1. The molecule has 0 bridgehead atoms. The number of aryl methyl sites for hydroxylation is 1. The van der Waals surface area contributed by atoms with Crippen LogP contribution in [0.5, 0.6) is 5.75 Å². The Morgan fingerprint density at radius 1 is 0.903 bits per heavy atom. The van der Waals surface area contributed by atoms with Gasteiger partial charge in [-0.3, -0.25) is 5.32 Å². The summed E-state index contributed by atoms with van der Waals surface area (Å²) >= 11 is 0. The van der Waals surface area contributed by atoms with Crippen molar-refractivity contribution in [1.82, 2.24) is 15.5 Å². The molecule has 1 N–H and O–H groups in total. The van der Waals surface area contributed by atoms with E-state index in [9.17, 15) is 8.78 Å². The number of rotatable bonds is 8. The maximum Gasteiger partial charge on any atom is 0.387 e. The Morgan fingerprint density at radius 3 is 2.26 bits per heavy atom. The lowest BCUT2D eigenvalue weighted by atomic mass is 9.98. The maximum atomic E-state index is 12.4. The predicted molar refractivity (Wildman–Crippen MR) is 113 cm³/mol. The van der Waals surface area contributed by atoms with Gasteiger partial charge in [0.25, 0.3) is 5.89 Å². The van der Waals surface area contributed by atoms with Gasteiger partial charge in [0.2, 0.25) is 0 Å². The molecule has 0 aliphatic carbocycles. The molecule has 1 heterocycles. The van der Waals surface area contributed by atoms with E-state index in [0.717, 1.165) is 22.3 Å². The van der Waals surface area contributed by atoms with Gasteiger partial charge in [-0.25, -0.2) is 0 Å². The fraction of sp³-hybridized carbons (Fsp3) is 0.167. The molecule has 7 heteroatoms. The molecular weight excluding hydrogens is 400 g/mol. The molecule has 4 rings (SSSR count). The largest absolute Gasteiger partial charge is 0.435 e. The fourth-order valence-electron chi connectivity index (χ4n) is 3.25. The first-order valence-corrected chi connectivity index (χ1v) is 9.81. The SMILES string of the molecule is Cc1ccc(-c2nc(CNC(c3ccccc3)c3ccc(OC(F)F)cc3)no2)cc1. The molecule has 0 aliphatic rings. The zero-order chi connectivity index (χ0) is 21.6. The molecule has 0 saturated carbocycles. The first-order valence-electron chi connectivity index (χ1n) is 9.81. The molecule has 1 aromatic heterocycles. The van der Waals surface area contributed by atoms with Gasteiger partial charge in [-0.1, -0.05) is 65.3 Å². The summed E-state index contributed by atoms with van der Waals surface area (Å²) in [4.78, 5) is 4.47. The van der Waals surface area contributed by atoms with Gasteiger partial charge in [0, 0.05) is 5.56 Å². The molecule has 5 nitrogen and oxygen atoms in total. The van der Waals surface area contributed by atoms with Gasteiger partial charge in [0.15, 0.2) is 5.82 Å². The lowest BCUT2D eigenvalue weighted by molar-refractivity contribution is -0.0498. The number of nitrogens with one attached hydrogen (secondary N) is 1. The molecule has 31 heavy (non-hydrogen) atoms. The number of ether oxygens (including phenoxy) is 1. The minimum absolute atomic E-state index is 0.117. The zero-order valence-electron chi connectivity index (χ0n) is 16.8. The fourth-order valence-corrected chi connectivity index (χ4v) is 3.25.